The number of nitrogens with zero attached hydrogens (tertiary/aromatic N) is 1. The normalized spacial score (nSPS) is 15.9. The lowest BCUT2D eigenvalue weighted by atomic mass is 10.2. The van der Waals surface area contributed by atoms with Crippen LogP contribution in [0.1, 0.15) is 18.4 Å². The molecule has 1 heterocycles. The molecule has 1 saturated heterocycles. The molecule has 1 aliphatic rings. The maximum absolute atomic E-state index is 13.1. The maximum atomic E-state index is 13.1. The summed E-state index contributed by atoms with van der Waals surface area (Å²) in [6, 6.07) is 11.1. The van der Waals surface area contributed by atoms with Crippen LogP contribution in [0.5, 0.6) is 0 Å². The Bertz CT molecular complexity index is 1080. The highest BCUT2D eigenvalue weighted by Gasteiger charge is 2.23. The van der Waals surface area contributed by atoms with E-state index in [2.05, 4.69) is 10.0 Å². The SMILES string of the molecule is O=C(CN(Cc1ccccc1Cl)C(=O)CNS(=O)(=O)c1ccc(F)cc1)NC[C@H]1CCCO1. The number of benzene rings is 2. The van der Waals surface area contributed by atoms with Crippen LogP contribution in [0.2, 0.25) is 5.02 Å². The Morgan fingerprint density at radius 2 is 1.88 bits per heavy atom. The van der Waals surface area contributed by atoms with Crippen LogP contribution in [0.25, 0.3) is 0 Å². The molecule has 0 saturated carbocycles. The maximum Gasteiger partial charge on any atom is 0.241 e. The minimum absolute atomic E-state index is 0.0180. The van der Waals surface area contributed by atoms with Crippen molar-refractivity contribution >= 4 is 33.4 Å². The van der Waals surface area contributed by atoms with Crippen molar-refractivity contribution in [3.63, 3.8) is 0 Å². The van der Waals surface area contributed by atoms with Crippen molar-refractivity contribution < 1.29 is 27.1 Å². The Labute approximate surface area is 197 Å². The largest absolute Gasteiger partial charge is 0.376 e. The van der Waals surface area contributed by atoms with Crippen molar-refractivity contribution in [2.75, 3.05) is 26.2 Å². The minimum atomic E-state index is -4.04. The molecule has 0 bridgehead atoms. The van der Waals surface area contributed by atoms with Gasteiger partial charge in [0.2, 0.25) is 21.8 Å². The lowest BCUT2D eigenvalue weighted by Crippen LogP contribution is -2.45. The summed E-state index contributed by atoms with van der Waals surface area (Å²) in [6.45, 7) is 0.151. The van der Waals surface area contributed by atoms with Crippen molar-refractivity contribution in [2.45, 2.75) is 30.4 Å². The van der Waals surface area contributed by atoms with E-state index in [1.807, 2.05) is 0 Å². The summed E-state index contributed by atoms with van der Waals surface area (Å²) in [4.78, 5) is 26.4. The van der Waals surface area contributed by atoms with E-state index >= 15 is 0 Å². The monoisotopic (exact) mass is 497 g/mol. The van der Waals surface area contributed by atoms with Crippen LogP contribution in [-0.4, -0.2) is 57.5 Å². The number of rotatable bonds is 10. The quantitative estimate of drug-likeness (QED) is 0.523. The number of ether oxygens (including phenoxy) is 1. The van der Waals surface area contributed by atoms with Crippen molar-refractivity contribution in [3.05, 3.63) is 64.9 Å². The van der Waals surface area contributed by atoms with Crippen LogP contribution in [0.3, 0.4) is 0 Å². The number of hydrogen-bond donors (Lipinski definition) is 2. The van der Waals surface area contributed by atoms with Gasteiger partial charge in [-0.25, -0.2) is 17.5 Å². The third-order valence-electron chi connectivity index (χ3n) is 5.09. The molecular weight excluding hydrogens is 473 g/mol. The number of halogens is 2. The van der Waals surface area contributed by atoms with Gasteiger partial charge < -0.3 is 15.0 Å². The molecule has 11 heteroatoms. The van der Waals surface area contributed by atoms with Crippen molar-refractivity contribution in [1.29, 1.82) is 0 Å². The zero-order valence-corrected chi connectivity index (χ0v) is 19.4. The Morgan fingerprint density at radius 3 is 2.55 bits per heavy atom. The van der Waals surface area contributed by atoms with Gasteiger partial charge in [-0.1, -0.05) is 29.8 Å². The van der Waals surface area contributed by atoms with Crippen LogP contribution in [-0.2, 0) is 30.9 Å². The summed E-state index contributed by atoms with van der Waals surface area (Å²) < 4.78 is 45.6. The molecule has 0 aliphatic carbocycles. The second-order valence-electron chi connectivity index (χ2n) is 7.56. The lowest BCUT2D eigenvalue weighted by Gasteiger charge is -2.23. The summed E-state index contributed by atoms with van der Waals surface area (Å²) >= 11 is 6.20. The van der Waals surface area contributed by atoms with Crippen LogP contribution in [0.15, 0.2) is 53.4 Å². The van der Waals surface area contributed by atoms with E-state index in [4.69, 9.17) is 16.3 Å². The predicted octanol–water partition coefficient (Wildman–Crippen LogP) is 2.08. The molecule has 33 heavy (non-hydrogen) atoms. The molecular formula is C22H25ClFN3O5S. The van der Waals surface area contributed by atoms with Gasteiger partial charge in [0.05, 0.1) is 24.1 Å². The molecule has 1 aliphatic heterocycles. The smallest absolute Gasteiger partial charge is 0.241 e. The molecule has 0 spiro atoms. The summed E-state index contributed by atoms with van der Waals surface area (Å²) in [7, 11) is -4.04. The molecule has 2 N–H and O–H groups in total. The van der Waals surface area contributed by atoms with Gasteiger partial charge in [0, 0.05) is 24.7 Å². The molecule has 0 aromatic heterocycles. The number of carbonyl (C=O) groups is 2. The van der Waals surface area contributed by atoms with Crippen LogP contribution in [0.4, 0.5) is 4.39 Å². The Morgan fingerprint density at radius 1 is 1.15 bits per heavy atom. The van der Waals surface area contributed by atoms with Crippen molar-refractivity contribution in [1.82, 2.24) is 14.9 Å². The lowest BCUT2D eigenvalue weighted by molar-refractivity contribution is -0.135. The van der Waals surface area contributed by atoms with Crippen LogP contribution < -0.4 is 10.0 Å². The van der Waals surface area contributed by atoms with E-state index in [9.17, 15) is 22.4 Å². The minimum Gasteiger partial charge on any atom is -0.376 e. The fourth-order valence-corrected chi connectivity index (χ4v) is 4.46. The molecule has 8 nitrogen and oxygen atoms in total. The van der Waals surface area contributed by atoms with Gasteiger partial charge in [-0.05, 0) is 48.7 Å². The number of hydrogen-bond acceptors (Lipinski definition) is 5. The van der Waals surface area contributed by atoms with Crippen molar-refractivity contribution in [2.24, 2.45) is 0 Å². The highest BCUT2D eigenvalue weighted by Crippen LogP contribution is 2.17. The second kappa shape index (κ2) is 11.6. The molecule has 0 unspecified atom stereocenters. The zero-order chi connectivity index (χ0) is 23.8. The second-order valence-corrected chi connectivity index (χ2v) is 9.73. The van der Waals surface area contributed by atoms with Gasteiger partial charge in [0.25, 0.3) is 0 Å². The van der Waals surface area contributed by atoms with Crippen molar-refractivity contribution in [3.8, 4) is 0 Å². The van der Waals surface area contributed by atoms with E-state index in [1.54, 1.807) is 24.3 Å². The average Bonchev–Trinajstić information content (AvgIpc) is 3.31. The van der Waals surface area contributed by atoms with Crippen LogP contribution >= 0.6 is 11.6 Å². The number of carbonyl (C=O) groups excluding carboxylic acids is 2. The molecule has 1 atom stereocenters. The third kappa shape index (κ3) is 7.50. The fourth-order valence-electron chi connectivity index (χ4n) is 3.29. The molecule has 2 amide bonds. The Kier molecular flexibility index (Phi) is 8.79. The Balaban J connectivity index is 1.66. The molecule has 3 rings (SSSR count). The van der Waals surface area contributed by atoms with Gasteiger partial charge in [-0.15, -0.1) is 0 Å². The van der Waals surface area contributed by atoms with Gasteiger partial charge in [0.15, 0.2) is 0 Å². The average molecular weight is 498 g/mol. The van der Waals surface area contributed by atoms with Crippen LogP contribution in [0, 0.1) is 5.82 Å². The van der Waals surface area contributed by atoms with E-state index in [1.165, 1.54) is 4.90 Å². The van der Waals surface area contributed by atoms with Gasteiger partial charge in [-0.2, -0.15) is 0 Å². The van der Waals surface area contributed by atoms with E-state index < -0.39 is 34.2 Å². The van der Waals surface area contributed by atoms with E-state index in [-0.39, 0.29) is 24.1 Å². The van der Waals surface area contributed by atoms with Gasteiger partial charge in [-0.3, -0.25) is 9.59 Å². The highest BCUT2D eigenvalue weighted by molar-refractivity contribution is 7.89. The number of sulfonamides is 1. The highest BCUT2D eigenvalue weighted by atomic mass is 35.5. The first-order valence-electron chi connectivity index (χ1n) is 10.4. The molecule has 2 aromatic carbocycles. The zero-order valence-electron chi connectivity index (χ0n) is 17.8. The van der Waals surface area contributed by atoms with Gasteiger partial charge >= 0.3 is 0 Å². The molecule has 1 fully saturated rings. The first kappa shape index (κ1) is 25.1. The summed E-state index contributed by atoms with van der Waals surface area (Å²) in [5, 5.41) is 3.17. The molecule has 2 aromatic rings. The summed E-state index contributed by atoms with van der Waals surface area (Å²) in [5.74, 6) is -1.59. The van der Waals surface area contributed by atoms with Gasteiger partial charge in [0.1, 0.15) is 5.82 Å². The standard InChI is InChI=1S/C22H25ClFN3O5S/c23-20-6-2-1-4-16(20)14-27(15-21(28)25-12-18-5-3-11-32-18)22(29)13-26-33(30,31)19-9-7-17(24)8-10-19/h1-2,4,6-10,18,26H,3,5,11-15H2,(H,25,28)/t18-/m1/s1. The summed E-state index contributed by atoms with van der Waals surface area (Å²) in [5.41, 5.74) is 0.612. The van der Waals surface area contributed by atoms with E-state index in [0.717, 1.165) is 37.1 Å². The topological polar surface area (TPSA) is 105 Å². The summed E-state index contributed by atoms with van der Waals surface area (Å²) in [6.07, 6.45) is 1.74. The first-order chi connectivity index (χ1) is 15.7. The Hall–Kier alpha value is -2.53. The first-order valence-corrected chi connectivity index (χ1v) is 12.3. The third-order valence-corrected chi connectivity index (χ3v) is 6.88. The fraction of sp³-hybridized carbons (Fsp3) is 0.364. The predicted molar refractivity (Wildman–Crippen MR) is 120 cm³/mol. The molecule has 0 radical (unpaired) electrons. The van der Waals surface area contributed by atoms with E-state index in [0.29, 0.717) is 23.7 Å². The molecule has 178 valence electrons. The number of nitrogens with one attached hydrogen (secondary N) is 2. The number of amides is 2.